The number of rotatable bonds is 12. The number of aliphatic carboxylic acids is 1. The largest absolute Gasteiger partial charge is 0.508 e. The van der Waals surface area contributed by atoms with Crippen molar-refractivity contribution in [3.05, 3.63) is 48.0 Å². The second-order valence-corrected chi connectivity index (χ2v) is 8.11. The van der Waals surface area contributed by atoms with Gasteiger partial charge in [0.15, 0.2) is 0 Å². The van der Waals surface area contributed by atoms with Crippen LogP contribution in [0.15, 0.2) is 36.8 Å². The van der Waals surface area contributed by atoms with Gasteiger partial charge in [0, 0.05) is 24.7 Å². The molecular weight excluding hydrogens is 460 g/mol. The third-order valence-corrected chi connectivity index (χ3v) is 5.17. The van der Waals surface area contributed by atoms with Crippen LogP contribution in [0.2, 0.25) is 0 Å². The fourth-order valence-electron chi connectivity index (χ4n) is 3.04. The molecule has 0 aliphatic heterocycles. The highest BCUT2D eigenvalue weighted by molar-refractivity contribution is 5.94. The van der Waals surface area contributed by atoms with Gasteiger partial charge in [-0.25, -0.2) is 4.98 Å². The Morgan fingerprint density at radius 1 is 0.971 bits per heavy atom. The molecule has 2 rings (SSSR count). The van der Waals surface area contributed by atoms with Gasteiger partial charge < -0.3 is 42.0 Å². The third-order valence-electron chi connectivity index (χ3n) is 5.17. The maximum atomic E-state index is 13.2. The Labute approximate surface area is 201 Å². The average molecular weight is 491 g/mol. The number of aliphatic hydroxyl groups excluding tert-OH is 1. The standard InChI is InChI=1S/C22H30N6O7/c1-11(22(34)35)26-19(31)17(8-14-9-24-10-25-14)27-20(32)16(28-21(33)18(23)12(2)29)7-13-3-5-15(30)6-4-13/h3-6,9-12,16-18,29-30H,7-8,23H2,1-2H3,(H,24,25)(H,26,31)(H,27,32)(H,28,33)(H,34,35). The Balaban J connectivity index is 2.26. The van der Waals surface area contributed by atoms with Crippen LogP contribution in [-0.2, 0) is 32.0 Å². The van der Waals surface area contributed by atoms with Gasteiger partial charge in [-0.15, -0.1) is 0 Å². The number of nitrogens with one attached hydrogen (secondary N) is 4. The fourth-order valence-corrected chi connectivity index (χ4v) is 3.04. The number of aromatic hydroxyl groups is 1. The summed E-state index contributed by atoms with van der Waals surface area (Å²) in [5, 5.41) is 35.6. The molecule has 0 aliphatic rings. The first-order chi connectivity index (χ1) is 16.5. The number of benzene rings is 1. The third kappa shape index (κ3) is 8.39. The lowest BCUT2D eigenvalue weighted by atomic mass is 10.0. The van der Waals surface area contributed by atoms with Crippen LogP contribution in [0.3, 0.4) is 0 Å². The van der Waals surface area contributed by atoms with E-state index in [0.717, 1.165) is 0 Å². The number of aromatic nitrogens is 2. The van der Waals surface area contributed by atoms with Gasteiger partial charge in [-0.2, -0.15) is 0 Å². The van der Waals surface area contributed by atoms with Crippen LogP contribution in [0.4, 0.5) is 0 Å². The molecule has 1 aromatic carbocycles. The molecule has 9 N–H and O–H groups in total. The molecule has 1 aromatic heterocycles. The fraction of sp³-hybridized carbons (Fsp3) is 0.409. The van der Waals surface area contributed by atoms with Crippen molar-refractivity contribution in [1.29, 1.82) is 0 Å². The molecule has 1 heterocycles. The highest BCUT2D eigenvalue weighted by atomic mass is 16.4. The molecule has 0 spiro atoms. The van der Waals surface area contributed by atoms with Crippen molar-refractivity contribution in [2.24, 2.45) is 5.73 Å². The number of nitrogens with two attached hydrogens (primary N) is 1. The second-order valence-electron chi connectivity index (χ2n) is 8.11. The summed E-state index contributed by atoms with van der Waals surface area (Å²) < 4.78 is 0. The van der Waals surface area contributed by atoms with Gasteiger partial charge >= 0.3 is 5.97 Å². The van der Waals surface area contributed by atoms with E-state index in [1.54, 1.807) is 12.1 Å². The molecule has 0 aliphatic carbocycles. The minimum absolute atomic E-state index is 0.0127. The molecule has 3 amide bonds. The molecule has 0 saturated carbocycles. The topological polar surface area (TPSA) is 220 Å². The van der Waals surface area contributed by atoms with Crippen LogP contribution in [0.25, 0.3) is 0 Å². The molecular formula is C22H30N6O7. The van der Waals surface area contributed by atoms with Crippen LogP contribution >= 0.6 is 0 Å². The number of phenols is 1. The van der Waals surface area contributed by atoms with Gasteiger partial charge in [-0.3, -0.25) is 19.2 Å². The monoisotopic (exact) mass is 490 g/mol. The predicted molar refractivity (Wildman–Crippen MR) is 123 cm³/mol. The van der Waals surface area contributed by atoms with Crippen molar-refractivity contribution >= 4 is 23.7 Å². The zero-order valence-corrected chi connectivity index (χ0v) is 19.3. The number of hydrogen-bond donors (Lipinski definition) is 8. The van der Waals surface area contributed by atoms with E-state index < -0.39 is 54.0 Å². The Morgan fingerprint density at radius 2 is 1.54 bits per heavy atom. The number of carboxylic acid groups (broad SMARTS) is 1. The summed E-state index contributed by atoms with van der Waals surface area (Å²) in [6.45, 7) is 2.61. The van der Waals surface area contributed by atoms with E-state index in [9.17, 15) is 29.4 Å². The van der Waals surface area contributed by atoms with E-state index in [2.05, 4.69) is 25.9 Å². The maximum Gasteiger partial charge on any atom is 0.325 e. The summed E-state index contributed by atoms with van der Waals surface area (Å²) in [5.41, 5.74) is 6.78. The van der Waals surface area contributed by atoms with Crippen molar-refractivity contribution in [2.45, 2.75) is 57.0 Å². The summed E-state index contributed by atoms with van der Waals surface area (Å²) >= 11 is 0. The smallest absolute Gasteiger partial charge is 0.325 e. The zero-order valence-electron chi connectivity index (χ0n) is 19.3. The first kappa shape index (κ1) is 27.3. The Bertz CT molecular complexity index is 1010. The number of amides is 3. The number of H-pyrrole nitrogens is 1. The summed E-state index contributed by atoms with van der Waals surface area (Å²) in [4.78, 5) is 56.3. The number of phenolic OH excluding ortho intramolecular Hbond substituents is 1. The number of nitrogens with zero attached hydrogens (tertiary/aromatic N) is 1. The molecule has 5 atom stereocenters. The quantitative estimate of drug-likeness (QED) is 0.167. The van der Waals surface area contributed by atoms with E-state index >= 15 is 0 Å². The molecule has 190 valence electrons. The molecule has 0 bridgehead atoms. The van der Waals surface area contributed by atoms with Gasteiger partial charge in [0.2, 0.25) is 17.7 Å². The zero-order chi connectivity index (χ0) is 26.1. The molecule has 13 nitrogen and oxygen atoms in total. The van der Waals surface area contributed by atoms with E-state index in [1.807, 2.05) is 0 Å². The molecule has 13 heteroatoms. The number of aliphatic hydroxyl groups is 1. The van der Waals surface area contributed by atoms with Crippen LogP contribution in [-0.4, -0.2) is 79.2 Å². The lowest BCUT2D eigenvalue weighted by Gasteiger charge is -2.25. The normalized spacial score (nSPS) is 15.2. The van der Waals surface area contributed by atoms with E-state index in [4.69, 9.17) is 10.8 Å². The van der Waals surface area contributed by atoms with Crippen molar-refractivity contribution < 1.29 is 34.5 Å². The molecule has 0 fully saturated rings. The van der Waals surface area contributed by atoms with E-state index in [0.29, 0.717) is 11.3 Å². The van der Waals surface area contributed by atoms with Gasteiger partial charge in [0.25, 0.3) is 0 Å². The van der Waals surface area contributed by atoms with Crippen LogP contribution in [0, 0.1) is 0 Å². The number of carbonyl (C=O) groups excluding carboxylic acids is 3. The highest BCUT2D eigenvalue weighted by Crippen LogP contribution is 2.12. The average Bonchev–Trinajstić information content (AvgIpc) is 3.31. The molecule has 35 heavy (non-hydrogen) atoms. The minimum Gasteiger partial charge on any atom is -0.508 e. The van der Waals surface area contributed by atoms with Gasteiger partial charge in [-0.05, 0) is 31.5 Å². The number of imidazole rings is 1. The number of carbonyl (C=O) groups is 4. The minimum atomic E-state index is -1.30. The Morgan fingerprint density at radius 3 is 2.09 bits per heavy atom. The van der Waals surface area contributed by atoms with Crippen LogP contribution in [0.1, 0.15) is 25.1 Å². The van der Waals surface area contributed by atoms with Crippen molar-refractivity contribution in [1.82, 2.24) is 25.9 Å². The van der Waals surface area contributed by atoms with E-state index in [1.165, 1.54) is 38.5 Å². The summed E-state index contributed by atoms with van der Waals surface area (Å²) in [7, 11) is 0. The first-order valence-electron chi connectivity index (χ1n) is 10.8. The highest BCUT2D eigenvalue weighted by Gasteiger charge is 2.30. The Kier molecular flexibility index (Phi) is 9.73. The van der Waals surface area contributed by atoms with Crippen molar-refractivity contribution in [2.75, 3.05) is 0 Å². The van der Waals surface area contributed by atoms with E-state index in [-0.39, 0.29) is 18.6 Å². The molecule has 5 unspecified atom stereocenters. The lowest BCUT2D eigenvalue weighted by Crippen LogP contribution is -2.58. The van der Waals surface area contributed by atoms with Gasteiger partial charge in [0.1, 0.15) is 29.9 Å². The number of hydrogen-bond acceptors (Lipinski definition) is 8. The Hall–Kier alpha value is -3.97. The number of aromatic amines is 1. The van der Waals surface area contributed by atoms with Crippen LogP contribution in [0.5, 0.6) is 5.75 Å². The van der Waals surface area contributed by atoms with Crippen molar-refractivity contribution in [3.8, 4) is 5.75 Å². The SMILES string of the molecule is CC(NC(=O)C(Cc1cnc[nH]1)NC(=O)C(Cc1ccc(O)cc1)NC(=O)C(N)C(C)O)C(=O)O. The maximum absolute atomic E-state index is 13.2. The van der Waals surface area contributed by atoms with Gasteiger partial charge in [0.05, 0.1) is 12.4 Å². The van der Waals surface area contributed by atoms with Crippen LogP contribution < -0.4 is 21.7 Å². The summed E-state index contributed by atoms with van der Waals surface area (Å²) in [5.74, 6) is -3.52. The molecule has 2 aromatic rings. The number of carboxylic acids is 1. The first-order valence-corrected chi connectivity index (χ1v) is 10.8. The van der Waals surface area contributed by atoms with Crippen molar-refractivity contribution in [3.63, 3.8) is 0 Å². The summed E-state index contributed by atoms with van der Waals surface area (Å²) in [6, 6.07) is 1.02. The predicted octanol–water partition coefficient (Wildman–Crippen LogP) is -1.83. The summed E-state index contributed by atoms with van der Waals surface area (Å²) in [6.07, 6.45) is 1.61. The van der Waals surface area contributed by atoms with Gasteiger partial charge in [-0.1, -0.05) is 12.1 Å². The lowest BCUT2D eigenvalue weighted by molar-refractivity contribution is -0.141. The molecule has 0 radical (unpaired) electrons. The molecule has 0 saturated heterocycles. The second kappa shape index (κ2) is 12.5.